The Balaban J connectivity index is 4.39. The molecule has 0 aromatic carbocycles. The quantitative estimate of drug-likeness (QED) is 0.0261. The summed E-state index contributed by atoms with van der Waals surface area (Å²) in [6.07, 6.45) is 88.3. The first-order chi connectivity index (χ1) is 38.5. The van der Waals surface area contributed by atoms with E-state index < -0.39 is 6.10 Å². The van der Waals surface area contributed by atoms with E-state index in [2.05, 4.69) is 118 Å². The highest BCUT2D eigenvalue weighted by atomic mass is 16.6. The second-order valence-electron chi connectivity index (χ2n) is 22.0. The second-order valence-corrected chi connectivity index (χ2v) is 22.0. The van der Waals surface area contributed by atoms with Gasteiger partial charge in [-0.05, 0) is 128 Å². The molecule has 0 saturated heterocycles. The number of carbonyl (C=O) groups is 3. The van der Waals surface area contributed by atoms with Gasteiger partial charge in [0.15, 0.2) is 6.10 Å². The summed E-state index contributed by atoms with van der Waals surface area (Å²) in [6, 6.07) is 0. The van der Waals surface area contributed by atoms with Gasteiger partial charge in [-0.2, -0.15) is 0 Å². The first-order valence-electron chi connectivity index (χ1n) is 33.2. The number of carbonyl (C=O) groups excluding carboxylic acids is 3. The molecule has 0 rings (SSSR count). The highest BCUT2D eigenvalue weighted by molar-refractivity contribution is 5.71. The van der Waals surface area contributed by atoms with Gasteiger partial charge < -0.3 is 14.2 Å². The Kier molecular flexibility index (Phi) is 62.7. The minimum absolute atomic E-state index is 0.0893. The Bertz CT molecular complexity index is 1530. The first-order valence-corrected chi connectivity index (χ1v) is 33.2. The lowest BCUT2D eigenvalue weighted by Gasteiger charge is -2.18. The van der Waals surface area contributed by atoms with E-state index in [1.54, 1.807) is 0 Å². The van der Waals surface area contributed by atoms with E-state index in [9.17, 15) is 14.4 Å². The maximum atomic E-state index is 12.9. The van der Waals surface area contributed by atoms with Gasteiger partial charge >= 0.3 is 17.9 Å². The molecule has 0 aliphatic carbocycles. The van der Waals surface area contributed by atoms with Gasteiger partial charge in [-0.25, -0.2) is 0 Å². The molecule has 0 saturated carbocycles. The van der Waals surface area contributed by atoms with Crippen molar-refractivity contribution >= 4 is 17.9 Å². The van der Waals surface area contributed by atoms with Gasteiger partial charge in [-0.15, -0.1) is 0 Å². The molecule has 0 amide bonds. The van der Waals surface area contributed by atoms with Crippen LogP contribution in [0, 0.1) is 0 Å². The van der Waals surface area contributed by atoms with Crippen LogP contribution < -0.4 is 0 Å². The van der Waals surface area contributed by atoms with Crippen LogP contribution in [0.1, 0.15) is 323 Å². The lowest BCUT2D eigenvalue weighted by Crippen LogP contribution is -2.30. The number of unbranched alkanes of at least 4 members (excludes halogenated alkanes) is 33. The normalized spacial score (nSPS) is 12.7. The number of rotatable bonds is 60. The van der Waals surface area contributed by atoms with Crippen molar-refractivity contribution in [1.29, 1.82) is 0 Å². The molecule has 448 valence electrons. The minimum atomic E-state index is -0.795. The van der Waals surface area contributed by atoms with Crippen LogP contribution in [-0.4, -0.2) is 37.2 Å². The van der Waals surface area contributed by atoms with E-state index in [1.165, 1.54) is 161 Å². The summed E-state index contributed by atoms with van der Waals surface area (Å²) in [5.41, 5.74) is 0. The molecule has 0 N–H and O–H groups in total. The molecule has 0 heterocycles. The van der Waals surface area contributed by atoms with Crippen LogP contribution in [0.15, 0.2) is 97.2 Å². The molecule has 1 atom stereocenters. The van der Waals surface area contributed by atoms with Gasteiger partial charge in [-0.3, -0.25) is 14.4 Å². The summed E-state index contributed by atoms with van der Waals surface area (Å²) in [4.78, 5) is 38.4. The van der Waals surface area contributed by atoms with Crippen LogP contribution in [0.4, 0.5) is 0 Å². The smallest absolute Gasteiger partial charge is 0.306 e. The average molecular weight is 1090 g/mol. The summed E-state index contributed by atoms with van der Waals surface area (Å²) in [7, 11) is 0. The highest BCUT2D eigenvalue weighted by Crippen LogP contribution is 2.16. The molecule has 0 radical (unpaired) electrons. The van der Waals surface area contributed by atoms with E-state index >= 15 is 0 Å². The predicted molar refractivity (Wildman–Crippen MR) is 339 cm³/mol. The summed E-state index contributed by atoms with van der Waals surface area (Å²) in [6.45, 7) is 6.59. The zero-order valence-corrected chi connectivity index (χ0v) is 51.4. The van der Waals surface area contributed by atoms with Crippen molar-refractivity contribution in [2.24, 2.45) is 0 Å². The van der Waals surface area contributed by atoms with E-state index in [1.807, 2.05) is 0 Å². The number of allylic oxidation sites excluding steroid dienone is 16. The number of esters is 3. The number of hydrogen-bond acceptors (Lipinski definition) is 6. The molecule has 1 unspecified atom stereocenters. The molecule has 0 aromatic heterocycles. The number of ether oxygens (including phenoxy) is 3. The van der Waals surface area contributed by atoms with Crippen LogP contribution in [0.25, 0.3) is 0 Å². The topological polar surface area (TPSA) is 78.9 Å². The molecule has 6 heteroatoms. The number of hydrogen-bond donors (Lipinski definition) is 0. The van der Waals surface area contributed by atoms with Gasteiger partial charge in [0, 0.05) is 19.3 Å². The summed E-state index contributed by atoms with van der Waals surface area (Å²) in [5.74, 6) is -0.909. The molecule has 0 aliphatic rings. The van der Waals surface area contributed by atoms with Crippen LogP contribution in [-0.2, 0) is 28.6 Å². The fraction of sp³-hybridized carbons (Fsp3) is 0.736. The van der Waals surface area contributed by atoms with Gasteiger partial charge in [0.25, 0.3) is 0 Å². The van der Waals surface area contributed by atoms with E-state index in [-0.39, 0.29) is 31.1 Å². The standard InChI is InChI=1S/C72H124O6/c1-4-7-10-13-16-19-22-25-28-31-33-34-35-36-37-38-40-41-44-47-50-53-56-59-62-65-71(74)77-68-69(67-76-70(73)64-61-58-55-52-49-46-43-30-27-24-21-18-15-12-9-6-3)78-72(75)66-63-60-57-54-51-48-45-42-39-32-29-26-23-20-17-14-11-8-5-2/h17,20-22,24-26,29-31,33,35-36,39,42-43,69H,4-16,18-19,23,27-28,32,34,37-38,40-41,44-68H2,1-3H3/b20-17-,24-21-,25-22-,29-26-,33-31-,36-35-,42-39-,43-30-. The maximum absolute atomic E-state index is 12.9. The van der Waals surface area contributed by atoms with Crippen molar-refractivity contribution in [2.75, 3.05) is 13.2 Å². The molecule has 6 nitrogen and oxygen atoms in total. The van der Waals surface area contributed by atoms with Crippen molar-refractivity contribution in [3.05, 3.63) is 97.2 Å². The Morgan fingerprint density at radius 1 is 0.256 bits per heavy atom. The van der Waals surface area contributed by atoms with Crippen molar-refractivity contribution in [3.8, 4) is 0 Å². The summed E-state index contributed by atoms with van der Waals surface area (Å²) in [5, 5.41) is 0. The monoisotopic (exact) mass is 1080 g/mol. The zero-order chi connectivity index (χ0) is 56.4. The molecule has 0 fully saturated rings. The Morgan fingerprint density at radius 2 is 0.462 bits per heavy atom. The van der Waals surface area contributed by atoms with E-state index in [0.717, 1.165) is 122 Å². The molecule has 0 spiro atoms. The third kappa shape index (κ3) is 63.2. The van der Waals surface area contributed by atoms with E-state index in [0.29, 0.717) is 19.3 Å². The highest BCUT2D eigenvalue weighted by Gasteiger charge is 2.19. The van der Waals surface area contributed by atoms with Gasteiger partial charge in [0.1, 0.15) is 13.2 Å². The summed E-state index contributed by atoms with van der Waals surface area (Å²) >= 11 is 0. The predicted octanol–water partition coefficient (Wildman–Crippen LogP) is 22.8. The Labute approximate surface area is 483 Å². The molecule has 0 aromatic rings. The van der Waals surface area contributed by atoms with Gasteiger partial charge in [0.05, 0.1) is 0 Å². The third-order valence-corrected chi connectivity index (χ3v) is 14.3. The molecule has 78 heavy (non-hydrogen) atoms. The maximum Gasteiger partial charge on any atom is 0.306 e. The zero-order valence-electron chi connectivity index (χ0n) is 51.4. The van der Waals surface area contributed by atoms with Crippen molar-refractivity contribution < 1.29 is 28.6 Å². The lowest BCUT2D eigenvalue weighted by atomic mass is 10.1. The Morgan fingerprint density at radius 3 is 0.756 bits per heavy atom. The van der Waals surface area contributed by atoms with Crippen LogP contribution in [0.3, 0.4) is 0 Å². The SMILES string of the molecule is CCCCC/C=C\C/C=C\C/C=C\CCCCCCCCC(=O)OC(COC(=O)CCCCCCC/C=C\C/C=C\CCCCCC)COC(=O)CCCCCCCCCCCC/C=C\C/C=C\C/C=C\CCCCCCC. The van der Waals surface area contributed by atoms with Crippen molar-refractivity contribution in [2.45, 2.75) is 329 Å². The van der Waals surface area contributed by atoms with Crippen LogP contribution >= 0.6 is 0 Å². The summed E-state index contributed by atoms with van der Waals surface area (Å²) < 4.78 is 16.9. The van der Waals surface area contributed by atoms with Gasteiger partial charge in [0.2, 0.25) is 0 Å². The molecule has 0 aliphatic heterocycles. The van der Waals surface area contributed by atoms with Crippen LogP contribution in [0.5, 0.6) is 0 Å². The van der Waals surface area contributed by atoms with Crippen LogP contribution in [0.2, 0.25) is 0 Å². The third-order valence-electron chi connectivity index (χ3n) is 14.3. The van der Waals surface area contributed by atoms with Crippen molar-refractivity contribution in [3.63, 3.8) is 0 Å². The molecular formula is C72H124O6. The Hall–Kier alpha value is -3.67. The van der Waals surface area contributed by atoms with Gasteiger partial charge in [-0.1, -0.05) is 272 Å². The minimum Gasteiger partial charge on any atom is -0.462 e. The van der Waals surface area contributed by atoms with Crippen molar-refractivity contribution in [1.82, 2.24) is 0 Å². The first kappa shape index (κ1) is 74.3. The molecular weight excluding hydrogens is 961 g/mol. The largest absolute Gasteiger partial charge is 0.462 e. The lowest BCUT2D eigenvalue weighted by molar-refractivity contribution is -0.167. The van der Waals surface area contributed by atoms with E-state index in [4.69, 9.17) is 14.2 Å². The molecule has 0 bridgehead atoms. The fourth-order valence-electron chi connectivity index (χ4n) is 9.25. The fourth-order valence-corrected chi connectivity index (χ4v) is 9.25. The average Bonchev–Trinajstić information content (AvgIpc) is 3.44. The second kappa shape index (κ2) is 65.8.